The predicted molar refractivity (Wildman–Crippen MR) is 223 cm³/mol. The third kappa shape index (κ3) is 5.32. The van der Waals surface area contributed by atoms with Crippen molar-refractivity contribution < 1.29 is 0 Å². The normalized spacial score (nSPS) is 11.4. The lowest BCUT2D eigenvalue weighted by Crippen LogP contribution is -1.98. The molecule has 0 unspecified atom stereocenters. The Morgan fingerprint density at radius 3 is 1.49 bits per heavy atom. The van der Waals surface area contributed by atoms with Crippen molar-refractivity contribution in [2.24, 2.45) is 0 Å². The molecule has 0 fully saturated rings. The molecule has 0 bridgehead atoms. The van der Waals surface area contributed by atoms with Gasteiger partial charge in [-0.15, -0.1) is 0 Å². The van der Waals surface area contributed by atoms with Crippen LogP contribution in [-0.4, -0.2) is 9.55 Å². The molecule has 248 valence electrons. The smallest absolute Gasteiger partial charge is 0.145 e. The Morgan fingerprint density at radius 2 is 0.811 bits per heavy atom. The molecule has 10 aromatic rings. The van der Waals surface area contributed by atoms with Gasteiger partial charge in [0, 0.05) is 11.3 Å². The van der Waals surface area contributed by atoms with E-state index in [1.165, 1.54) is 66.1 Å². The fourth-order valence-corrected chi connectivity index (χ4v) is 8.02. The van der Waals surface area contributed by atoms with Crippen LogP contribution in [0.15, 0.2) is 206 Å². The van der Waals surface area contributed by atoms with E-state index in [4.69, 9.17) is 4.98 Å². The number of benzene rings is 9. The van der Waals surface area contributed by atoms with Crippen LogP contribution < -0.4 is 0 Å². The number of imidazole rings is 1. The number of hydrogen-bond donors (Lipinski definition) is 0. The minimum atomic E-state index is 0.922. The molecule has 0 aliphatic carbocycles. The number of aromatic nitrogens is 2. The van der Waals surface area contributed by atoms with Gasteiger partial charge in [-0.05, 0) is 90.3 Å². The summed E-state index contributed by atoms with van der Waals surface area (Å²) in [5.41, 5.74) is 13.9. The van der Waals surface area contributed by atoms with Crippen LogP contribution in [0.2, 0.25) is 0 Å². The first-order chi connectivity index (χ1) is 26.3. The standard InChI is InChI=1S/C51H34N2/c1-3-16-35(17-4-1)36-30-32-38(33-31-36)51-52-47-28-13-14-29-48(47)53(51)40-21-15-20-39(34-40)49-43-24-9-11-26-45(43)50(46-27-12-10-25-44(46)49)42-23-8-7-22-41(42)37-18-5-2-6-19-37/h1-34H. The van der Waals surface area contributed by atoms with Crippen molar-refractivity contribution in [3.05, 3.63) is 206 Å². The van der Waals surface area contributed by atoms with Gasteiger partial charge in [-0.3, -0.25) is 4.57 Å². The summed E-state index contributed by atoms with van der Waals surface area (Å²) in [4.78, 5) is 5.21. The highest BCUT2D eigenvalue weighted by molar-refractivity contribution is 6.22. The van der Waals surface area contributed by atoms with E-state index in [1.807, 2.05) is 0 Å². The Balaban J connectivity index is 1.18. The highest BCUT2D eigenvalue weighted by Gasteiger charge is 2.20. The molecule has 0 aliphatic rings. The van der Waals surface area contributed by atoms with Gasteiger partial charge in [-0.25, -0.2) is 4.98 Å². The fourth-order valence-electron chi connectivity index (χ4n) is 8.02. The summed E-state index contributed by atoms with van der Waals surface area (Å²) in [5.74, 6) is 0.922. The first-order valence-electron chi connectivity index (χ1n) is 18.1. The summed E-state index contributed by atoms with van der Waals surface area (Å²) < 4.78 is 2.31. The average Bonchev–Trinajstić information content (AvgIpc) is 3.63. The lowest BCUT2D eigenvalue weighted by Gasteiger charge is -2.20. The molecule has 0 saturated carbocycles. The number of fused-ring (bicyclic) bond motifs is 3. The van der Waals surface area contributed by atoms with E-state index in [1.54, 1.807) is 0 Å². The molecule has 10 rings (SSSR count). The molecule has 9 aromatic carbocycles. The number of rotatable bonds is 6. The summed E-state index contributed by atoms with van der Waals surface area (Å²) in [7, 11) is 0. The van der Waals surface area contributed by atoms with E-state index >= 15 is 0 Å². The Bertz CT molecular complexity index is 2860. The summed E-state index contributed by atoms with van der Waals surface area (Å²) >= 11 is 0. The second-order valence-corrected chi connectivity index (χ2v) is 13.5. The van der Waals surface area contributed by atoms with E-state index in [0.717, 1.165) is 28.1 Å². The molecule has 0 aliphatic heterocycles. The molecule has 0 atom stereocenters. The van der Waals surface area contributed by atoms with E-state index in [9.17, 15) is 0 Å². The molecule has 0 amide bonds. The maximum atomic E-state index is 5.21. The summed E-state index contributed by atoms with van der Waals surface area (Å²) in [6, 6.07) is 74.0. The van der Waals surface area contributed by atoms with E-state index in [0.29, 0.717) is 0 Å². The Labute approximate surface area is 308 Å². The molecule has 2 heteroatoms. The second kappa shape index (κ2) is 12.9. The SMILES string of the molecule is c1ccc(-c2ccc(-c3nc4ccccc4n3-c3cccc(-c4c5ccccc5c(-c5ccccc5-c5ccccc5)c5ccccc45)c3)cc2)cc1. The van der Waals surface area contributed by atoms with Gasteiger partial charge >= 0.3 is 0 Å². The van der Waals surface area contributed by atoms with E-state index in [2.05, 4.69) is 211 Å². The van der Waals surface area contributed by atoms with Crippen LogP contribution in [0.5, 0.6) is 0 Å². The van der Waals surface area contributed by atoms with Gasteiger partial charge in [0.25, 0.3) is 0 Å². The molecule has 1 heterocycles. The topological polar surface area (TPSA) is 17.8 Å². The Kier molecular flexibility index (Phi) is 7.51. The molecule has 2 nitrogen and oxygen atoms in total. The molecular weight excluding hydrogens is 641 g/mol. The van der Waals surface area contributed by atoms with E-state index in [-0.39, 0.29) is 0 Å². The number of para-hydroxylation sites is 2. The molecular formula is C51H34N2. The van der Waals surface area contributed by atoms with Crippen LogP contribution in [0, 0.1) is 0 Å². The van der Waals surface area contributed by atoms with Gasteiger partial charge in [0.1, 0.15) is 5.82 Å². The Morgan fingerprint density at radius 1 is 0.321 bits per heavy atom. The van der Waals surface area contributed by atoms with Crippen LogP contribution in [0.1, 0.15) is 0 Å². The van der Waals surface area contributed by atoms with Gasteiger partial charge in [0.05, 0.1) is 11.0 Å². The second-order valence-electron chi connectivity index (χ2n) is 13.5. The average molecular weight is 675 g/mol. The third-order valence-electron chi connectivity index (χ3n) is 10.4. The highest BCUT2D eigenvalue weighted by atomic mass is 15.1. The summed E-state index contributed by atoms with van der Waals surface area (Å²) in [6.07, 6.45) is 0. The Hall–Kier alpha value is -7.03. The zero-order chi connectivity index (χ0) is 35.1. The fraction of sp³-hybridized carbons (Fsp3) is 0. The maximum Gasteiger partial charge on any atom is 0.145 e. The lowest BCUT2D eigenvalue weighted by molar-refractivity contribution is 1.10. The van der Waals surface area contributed by atoms with Crippen LogP contribution in [0.4, 0.5) is 0 Å². The first-order valence-corrected chi connectivity index (χ1v) is 18.1. The molecule has 0 saturated heterocycles. The zero-order valence-electron chi connectivity index (χ0n) is 29.0. The van der Waals surface area contributed by atoms with Gasteiger partial charge in [-0.1, -0.05) is 182 Å². The van der Waals surface area contributed by atoms with Crippen LogP contribution >= 0.6 is 0 Å². The van der Waals surface area contributed by atoms with Crippen molar-refractivity contribution >= 4 is 32.6 Å². The monoisotopic (exact) mass is 674 g/mol. The van der Waals surface area contributed by atoms with Crippen molar-refractivity contribution in [3.8, 4) is 61.6 Å². The molecule has 53 heavy (non-hydrogen) atoms. The largest absolute Gasteiger partial charge is 0.292 e. The molecule has 0 radical (unpaired) electrons. The summed E-state index contributed by atoms with van der Waals surface area (Å²) in [6.45, 7) is 0. The highest BCUT2D eigenvalue weighted by Crippen LogP contribution is 2.46. The minimum absolute atomic E-state index is 0.922. The van der Waals surface area contributed by atoms with Crippen LogP contribution in [-0.2, 0) is 0 Å². The van der Waals surface area contributed by atoms with Crippen molar-refractivity contribution in [1.82, 2.24) is 9.55 Å². The van der Waals surface area contributed by atoms with Gasteiger partial charge in [0.15, 0.2) is 0 Å². The van der Waals surface area contributed by atoms with Crippen LogP contribution in [0.25, 0.3) is 94.2 Å². The minimum Gasteiger partial charge on any atom is -0.292 e. The molecule has 1 aromatic heterocycles. The van der Waals surface area contributed by atoms with E-state index < -0.39 is 0 Å². The van der Waals surface area contributed by atoms with Crippen LogP contribution in [0.3, 0.4) is 0 Å². The van der Waals surface area contributed by atoms with Gasteiger partial charge in [-0.2, -0.15) is 0 Å². The third-order valence-corrected chi connectivity index (χ3v) is 10.4. The zero-order valence-corrected chi connectivity index (χ0v) is 29.0. The van der Waals surface area contributed by atoms with Gasteiger partial charge in [0.2, 0.25) is 0 Å². The van der Waals surface area contributed by atoms with Crippen molar-refractivity contribution in [2.75, 3.05) is 0 Å². The summed E-state index contributed by atoms with van der Waals surface area (Å²) in [5, 5.41) is 4.94. The molecule has 0 N–H and O–H groups in total. The quantitative estimate of drug-likeness (QED) is 0.161. The number of nitrogens with zero attached hydrogens (tertiary/aromatic N) is 2. The maximum absolute atomic E-state index is 5.21. The lowest BCUT2D eigenvalue weighted by atomic mass is 9.84. The number of hydrogen-bond acceptors (Lipinski definition) is 1. The predicted octanol–water partition coefficient (Wildman–Crippen LogP) is 13.7. The molecule has 0 spiro atoms. The first kappa shape index (κ1) is 30.8. The van der Waals surface area contributed by atoms with Crippen molar-refractivity contribution in [1.29, 1.82) is 0 Å². The van der Waals surface area contributed by atoms with Crippen molar-refractivity contribution in [2.45, 2.75) is 0 Å². The van der Waals surface area contributed by atoms with Crippen molar-refractivity contribution in [3.63, 3.8) is 0 Å². The van der Waals surface area contributed by atoms with Gasteiger partial charge < -0.3 is 0 Å².